The highest BCUT2D eigenvalue weighted by molar-refractivity contribution is 5.32. The average molecular weight is 513 g/mol. The molecule has 2 aromatic rings. The second-order valence-corrected chi connectivity index (χ2v) is 10.6. The molecule has 0 radical (unpaired) electrons. The molecule has 1 aliphatic heterocycles. The zero-order chi connectivity index (χ0) is 25.4. The van der Waals surface area contributed by atoms with E-state index in [1.807, 2.05) is 0 Å². The third-order valence-corrected chi connectivity index (χ3v) is 8.42. The Morgan fingerprint density at radius 2 is 1.36 bits per heavy atom. The lowest BCUT2D eigenvalue weighted by Crippen LogP contribution is -2.37. The Kier molecular flexibility index (Phi) is 7.25. The molecule has 0 bridgehead atoms. The zero-order valence-electron chi connectivity index (χ0n) is 19.9. The largest absolute Gasteiger partial charge is 0.432 e. The maximum absolute atomic E-state index is 14.8. The Labute approximate surface area is 207 Å². The molecule has 0 aromatic heterocycles. The van der Waals surface area contributed by atoms with E-state index in [1.165, 1.54) is 25.7 Å². The summed E-state index contributed by atoms with van der Waals surface area (Å²) in [6.45, 7) is 0.827. The number of hydrogen-bond acceptors (Lipinski definition) is 2. The van der Waals surface area contributed by atoms with Gasteiger partial charge in [0.2, 0.25) is 0 Å². The van der Waals surface area contributed by atoms with E-state index in [0.717, 1.165) is 50.0 Å². The third kappa shape index (κ3) is 5.24. The summed E-state index contributed by atoms with van der Waals surface area (Å²) in [5.74, 6) is -4.50. The van der Waals surface area contributed by atoms with Crippen molar-refractivity contribution in [3.05, 3.63) is 64.7 Å². The van der Waals surface area contributed by atoms with Gasteiger partial charge in [-0.15, -0.1) is 0 Å². The molecule has 2 aromatic carbocycles. The molecule has 0 amide bonds. The van der Waals surface area contributed by atoms with Crippen LogP contribution in [0.25, 0.3) is 0 Å². The van der Waals surface area contributed by atoms with Crippen molar-refractivity contribution in [2.45, 2.75) is 75.9 Å². The van der Waals surface area contributed by atoms with Crippen LogP contribution in [0.3, 0.4) is 0 Å². The zero-order valence-corrected chi connectivity index (χ0v) is 19.9. The van der Waals surface area contributed by atoms with Crippen LogP contribution >= 0.6 is 0 Å². The van der Waals surface area contributed by atoms with Crippen molar-refractivity contribution in [1.82, 2.24) is 0 Å². The number of hydrogen-bond donors (Lipinski definition) is 0. The van der Waals surface area contributed by atoms with Crippen LogP contribution in [-0.4, -0.2) is 12.7 Å². The Hall–Kier alpha value is -2.22. The number of halogens is 6. The molecule has 2 saturated carbocycles. The highest BCUT2D eigenvalue weighted by atomic mass is 19.3. The minimum Gasteiger partial charge on any atom is -0.429 e. The third-order valence-electron chi connectivity index (χ3n) is 8.42. The Bertz CT molecular complexity index is 1050. The van der Waals surface area contributed by atoms with Gasteiger partial charge in [-0.1, -0.05) is 19.3 Å². The molecule has 3 fully saturated rings. The minimum absolute atomic E-state index is 0.133. The standard InChI is InChI=1S/C28H30F6O2/c29-22-10-9-21(14-23(22)30)36-28(33,34)27-24(31)12-20(13-25(27)32)17-4-6-18(7-5-17)26-11-8-19(15-35-26)16-2-1-3-16/h9-10,12-14,16-19,26H,1-8,11,15H2. The van der Waals surface area contributed by atoms with Gasteiger partial charge in [-0.3, -0.25) is 0 Å². The van der Waals surface area contributed by atoms with Gasteiger partial charge in [0, 0.05) is 6.07 Å². The fraction of sp³-hybridized carbons (Fsp3) is 0.571. The van der Waals surface area contributed by atoms with Gasteiger partial charge in [0.1, 0.15) is 22.9 Å². The van der Waals surface area contributed by atoms with Crippen LogP contribution < -0.4 is 4.74 Å². The van der Waals surface area contributed by atoms with Gasteiger partial charge in [0.05, 0.1) is 12.7 Å². The molecule has 0 N–H and O–H groups in total. The van der Waals surface area contributed by atoms with Gasteiger partial charge in [-0.2, -0.15) is 8.78 Å². The number of benzene rings is 2. The Morgan fingerprint density at radius 3 is 1.92 bits per heavy atom. The van der Waals surface area contributed by atoms with Crippen molar-refractivity contribution in [3.63, 3.8) is 0 Å². The van der Waals surface area contributed by atoms with Gasteiger partial charge in [-0.05, 0) is 92.0 Å². The SMILES string of the molecule is Fc1ccc(OC(F)(F)c2c(F)cc(C3CCC(C4CCC(C5CCC5)CO4)CC3)cc2F)cc1F. The van der Waals surface area contributed by atoms with Gasteiger partial charge in [-0.25, -0.2) is 17.6 Å². The van der Waals surface area contributed by atoms with Crippen molar-refractivity contribution in [3.8, 4) is 5.75 Å². The van der Waals surface area contributed by atoms with Crippen LogP contribution in [0.2, 0.25) is 0 Å². The van der Waals surface area contributed by atoms with Crippen molar-refractivity contribution in [2.24, 2.45) is 17.8 Å². The quantitative estimate of drug-likeness (QED) is 0.363. The first-order valence-corrected chi connectivity index (χ1v) is 12.8. The summed E-state index contributed by atoms with van der Waals surface area (Å²) in [4.78, 5) is 0. The molecule has 0 spiro atoms. The van der Waals surface area contributed by atoms with Crippen molar-refractivity contribution < 1.29 is 35.8 Å². The molecular formula is C28H30F6O2. The predicted molar refractivity (Wildman–Crippen MR) is 122 cm³/mol. The first-order chi connectivity index (χ1) is 17.2. The molecule has 2 nitrogen and oxygen atoms in total. The van der Waals surface area contributed by atoms with E-state index in [2.05, 4.69) is 4.74 Å². The van der Waals surface area contributed by atoms with E-state index in [9.17, 15) is 26.3 Å². The highest BCUT2D eigenvalue weighted by Crippen LogP contribution is 2.44. The van der Waals surface area contributed by atoms with Crippen molar-refractivity contribution in [1.29, 1.82) is 0 Å². The lowest BCUT2D eigenvalue weighted by Gasteiger charge is -2.42. The summed E-state index contributed by atoms with van der Waals surface area (Å²) in [5, 5.41) is 0. The normalized spacial score (nSPS) is 27.5. The molecule has 8 heteroatoms. The van der Waals surface area contributed by atoms with E-state index in [-0.39, 0.29) is 12.0 Å². The van der Waals surface area contributed by atoms with Gasteiger partial charge >= 0.3 is 6.11 Å². The molecule has 3 aliphatic rings. The van der Waals surface area contributed by atoms with Gasteiger partial charge < -0.3 is 9.47 Å². The number of ether oxygens (including phenoxy) is 2. The van der Waals surface area contributed by atoms with Crippen molar-refractivity contribution in [2.75, 3.05) is 6.61 Å². The molecule has 2 atom stereocenters. The van der Waals surface area contributed by atoms with E-state index < -0.39 is 40.7 Å². The molecule has 1 saturated heterocycles. The Morgan fingerprint density at radius 1 is 0.694 bits per heavy atom. The topological polar surface area (TPSA) is 18.5 Å². The molecule has 196 valence electrons. The second-order valence-electron chi connectivity index (χ2n) is 10.6. The fourth-order valence-corrected chi connectivity index (χ4v) is 6.12. The smallest absolute Gasteiger partial charge is 0.429 e. The lowest BCUT2D eigenvalue weighted by atomic mass is 9.71. The monoisotopic (exact) mass is 512 g/mol. The molecular weight excluding hydrogens is 482 g/mol. The molecule has 1 heterocycles. The fourth-order valence-electron chi connectivity index (χ4n) is 6.12. The Balaban J connectivity index is 1.21. The molecule has 5 rings (SSSR count). The van der Waals surface area contributed by atoms with E-state index >= 15 is 0 Å². The lowest BCUT2D eigenvalue weighted by molar-refractivity contribution is -0.189. The minimum atomic E-state index is -4.41. The summed E-state index contributed by atoms with van der Waals surface area (Å²) in [5.41, 5.74) is -1.22. The summed E-state index contributed by atoms with van der Waals surface area (Å²) >= 11 is 0. The van der Waals surface area contributed by atoms with Crippen LogP contribution in [0.5, 0.6) is 5.75 Å². The first-order valence-electron chi connectivity index (χ1n) is 12.8. The number of rotatable bonds is 6. The maximum Gasteiger partial charge on any atom is 0.432 e. The predicted octanol–water partition coefficient (Wildman–Crippen LogP) is 8.24. The van der Waals surface area contributed by atoms with E-state index in [0.29, 0.717) is 42.4 Å². The van der Waals surface area contributed by atoms with Crippen molar-refractivity contribution >= 4 is 0 Å². The summed E-state index contributed by atoms with van der Waals surface area (Å²) in [7, 11) is 0. The van der Waals surface area contributed by atoms with Crippen LogP contribution in [0.15, 0.2) is 30.3 Å². The maximum atomic E-state index is 14.8. The van der Waals surface area contributed by atoms with Crippen LogP contribution in [0, 0.1) is 41.0 Å². The van der Waals surface area contributed by atoms with Crippen LogP contribution in [-0.2, 0) is 10.8 Å². The first kappa shape index (κ1) is 25.4. The number of alkyl halides is 2. The van der Waals surface area contributed by atoms with Gasteiger partial charge in [0.15, 0.2) is 11.6 Å². The van der Waals surface area contributed by atoms with E-state index in [1.54, 1.807) is 0 Å². The summed E-state index contributed by atoms with van der Waals surface area (Å²) in [6, 6.07) is 3.63. The molecule has 2 unspecified atom stereocenters. The van der Waals surface area contributed by atoms with Crippen LogP contribution in [0.4, 0.5) is 26.3 Å². The summed E-state index contributed by atoms with van der Waals surface area (Å²) in [6.07, 6.45) is 5.18. The van der Waals surface area contributed by atoms with E-state index in [4.69, 9.17) is 4.74 Å². The highest BCUT2D eigenvalue weighted by Gasteiger charge is 2.42. The average Bonchev–Trinajstić information content (AvgIpc) is 2.80. The van der Waals surface area contributed by atoms with Crippen LogP contribution in [0.1, 0.15) is 74.8 Å². The summed E-state index contributed by atoms with van der Waals surface area (Å²) < 4.78 is 95.7. The second kappa shape index (κ2) is 10.3. The molecule has 2 aliphatic carbocycles. The molecule has 36 heavy (non-hydrogen) atoms. The van der Waals surface area contributed by atoms with Gasteiger partial charge in [0.25, 0.3) is 0 Å².